The molecule has 0 atom stereocenters. The highest BCUT2D eigenvalue weighted by Gasteiger charge is 2.08. The van der Waals surface area contributed by atoms with Gasteiger partial charge in [-0.3, -0.25) is 9.59 Å². The molecule has 0 amide bonds. The van der Waals surface area contributed by atoms with Crippen LogP contribution in [0.4, 0.5) is 0 Å². The molecule has 0 saturated carbocycles. The summed E-state index contributed by atoms with van der Waals surface area (Å²) in [5.74, 6) is 0.515. The van der Waals surface area contributed by atoms with Crippen LogP contribution in [0, 0.1) is 5.92 Å². The van der Waals surface area contributed by atoms with Gasteiger partial charge in [0.1, 0.15) is 5.78 Å². The molecule has 2 heteroatoms. The van der Waals surface area contributed by atoms with E-state index in [0.717, 1.165) is 12.8 Å². The van der Waals surface area contributed by atoms with Crippen molar-refractivity contribution >= 4 is 11.6 Å². The second-order valence-electron chi connectivity index (χ2n) is 4.93. The van der Waals surface area contributed by atoms with Gasteiger partial charge in [0.2, 0.25) is 0 Å². The minimum absolute atomic E-state index is 0.00530. The summed E-state index contributed by atoms with van der Waals surface area (Å²) in [5.41, 5.74) is 1.88. The van der Waals surface area contributed by atoms with Crippen molar-refractivity contribution in [3.05, 3.63) is 35.4 Å². The Morgan fingerprint density at radius 3 is 2.18 bits per heavy atom. The van der Waals surface area contributed by atoms with Crippen LogP contribution in [0.1, 0.15) is 49.5 Å². The van der Waals surface area contributed by atoms with Crippen molar-refractivity contribution in [2.45, 2.75) is 40.0 Å². The smallest absolute Gasteiger partial charge is 0.170 e. The number of rotatable bonds is 6. The second kappa shape index (κ2) is 6.33. The normalized spacial score (nSPS) is 10.6. The van der Waals surface area contributed by atoms with E-state index in [0.29, 0.717) is 11.5 Å². The second-order valence-corrected chi connectivity index (χ2v) is 4.93. The summed E-state index contributed by atoms with van der Waals surface area (Å²) < 4.78 is 0. The average molecular weight is 232 g/mol. The summed E-state index contributed by atoms with van der Waals surface area (Å²) in [4.78, 5) is 22.5. The minimum atomic E-state index is -0.0899. The molecule has 1 aromatic carbocycles. The van der Waals surface area contributed by atoms with E-state index in [-0.39, 0.29) is 18.0 Å². The van der Waals surface area contributed by atoms with E-state index in [1.807, 2.05) is 24.3 Å². The topological polar surface area (TPSA) is 34.1 Å². The van der Waals surface area contributed by atoms with Gasteiger partial charge in [-0.15, -0.1) is 0 Å². The molecule has 0 unspecified atom stereocenters. The Hall–Kier alpha value is -1.44. The van der Waals surface area contributed by atoms with Crippen LogP contribution >= 0.6 is 0 Å². The number of aryl methyl sites for hydroxylation is 1. The van der Waals surface area contributed by atoms with Crippen molar-refractivity contribution in [2.24, 2.45) is 5.92 Å². The lowest BCUT2D eigenvalue weighted by molar-refractivity contribution is -0.116. The minimum Gasteiger partial charge on any atom is -0.300 e. The zero-order valence-electron chi connectivity index (χ0n) is 10.8. The van der Waals surface area contributed by atoms with Gasteiger partial charge < -0.3 is 0 Å². The van der Waals surface area contributed by atoms with Crippen LogP contribution in [-0.4, -0.2) is 11.6 Å². The Labute approximate surface area is 103 Å². The number of carbonyl (C=O) groups is 2. The lowest BCUT2D eigenvalue weighted by Crippen LogP contribution is -2.04. The molecular weight excluding hydrogens is 212 g/mol. The number of hydrogen-bond donors (Lipinski definition) is 0. The Balaban J connectivity index is 2.61. The van der Waals surface area contributed by atoms with E-state index in [2.05, 4.69) is 13.8 Å². The van der Waals surface area contributed by atoms with Gasteiger partial charge in [-0.25, -0.2) is 0 Å². The summed E-state index contributed by atoms with van der Waals surface area (Å²) in [5, 5.41) is 0. The zero-order valence-corrected chi connectivity index (χ0v) is 10.8. The van der Waals surface area contributed by atoms with E-state index in [1.54, 1.807) is 0 Å². The number of Topliss-reactive ketones (excluding diaryl/α,β-unsaturated/α-hetero) is 2. The molecule has 0 heterocycles. The van der Waals surface area contributed by atoms with Crippen LogP contribution in [0.3, 0.4) is 0 Å². The fraction of sp³-hybridized carbons (Fsp3) is 0.467. The van der Waals surface area contributed by atoms with Gasteiger partial charge in [0, 0.05) is 5.56 Å². The van der Waals surface area contributed by atoms with Crippen LogP contribution in [0.25, 0.3) is 0 Å². The Bertz CT molecular complexity index is 388. The first-order valence-electron chi connectivity index (χ1n) is 6.10. The van der Waals surface area contributed by atoms with Crippen LogP contribution in [0.2, 0.25) is 0 Å². The molecule has 0 aliphatic rings. The Morgan fingerprint density at radius 1 is 1.12 bits per heavy atom. The highest BCUT2D eigenvalue weighted by atomic mass is 16.1. The molecule has 0 spiro atoms. The van der Waals surface area contributed by atoms with E-state index < -0.39 is 0 Å². The van der Waals surface area contributed by atoms with Crippen LogP contribution in [0.5, 0.6) is 0 Å². The summed E-state index contributed by atoms with van der Waals surface area (Å²) in [6, 6.07) is 7.60. The fourth-order valence-electron chi connectivity index (χ4n) is 1.64. The number of benzene rings is 1. The first-order valence-corrected chi connectivity index (χ1v) is 6.10. The molecule has 17 heavy (non-hydrogen) atoms. The Kier molecular flexibility index (Phi) is 5.08. The standard InChI is InChI=1S/C15H20O2/c1-11(2)4-5-13-6-8-14(9-7-13)15(17)10-12(3)16/h6-9,11H,4-5,10H2,1-3H3. The lowest BCUT2D eigenvalue weighted by atomic mass is 10.00. The SMILES string of the molecule is CC(=O)CC(=O)c1ccc(CCC(C)C)cc1. The summed E-state index contributed by atoms with van der Waals surface area (Å²) in [6.45, 7) is 5.84. The van der Waals surface area contributed by atoms with Crippen molar-refractivity contribution in [1.82, 2.24) is 0 Å². The molecule has 2 nitrogen and oxygen atoms in total. The maximum atomic E-state index is 11.6. The van der Waals surface area contributed by atoms with Gasteiger partial charge in [-0.2, -0.15) is 0 Å². The summed E-state index contributed by atoms with van der Waals surface area (Å²) >= 11 is 0. The first-order chi connectivity index (χ1) is 7.99. The number of hydrogen-bond acceptors (Lipinski definition) is 2. The summed E-state index contributed by atoms with van der Waals surface area (Å²) in [7, 11) is 0. The molecule has 92 valence electrons. The van der Waals surface area contributed by atoms with Crippen molar-refractivity contribution < 1.29 is 9.59 Å². The van der Waals surface area contributed by atoms with Gasteiger partial charge in [-0.05, 0) is 31.2 Å². The van der Waals surface area contributed by atoms with E-state index in [9.17, 15) is 9.59 Å². The fourth-order valence-corrected chi connectivity index (χ4v) is 1.64. The zero-order chi connectivity index (χ0) is 12.8. The molecule has 1 rings (SSSR count). The molecule has 1 aromatic rings. The van der Waals surface area contributed by atoms with Crippen molar-refractivity contribution in [3.8, 4) is 0 Å². The highest BCUT2D eigenvalue weighted by Crippen LogP contribution is 2.11. The molecular formula is C15H20O2. The number of carbonyl (C=O) groups excluding carboxylic acids is 2. The third kappa shape index (κ3) is 4.94. The van der Waals surface area contributed by atoms with E-state index >= 15 is 0 Å². The van der Waals surface area contributed by atoms with Gasteiger partial charge in [0.25, 0.3) is 0 Å². The average Bonchev–Trinajstić information content (AvgIpc) is 2.26. The van der Waals surface area contributed by atoms with Crippen molar-refractivity contribution in [1.29, 1.82) is 0 Å². The molecule has 0 radical (unpaired) electrons. The van der Waals surface area contributed by atoms with Gasteiger partial charge in [0.05, 0.1) is 6.42 Å². The lowest BCUT2D eigenvalue weighted by Gasteiger charge is -2.05. The largest absolute Gasteiger partial charge is 0.300 e. The third-order valence-corrected chi connectivity index (χ3v) is 2.70. The van der Waals surface area contributed by atoms with Gasteiger partial charge >= 0.3 is 0 Å². The monoisotopic (exact) mass is 232 g/mol. The summed E-state index contributed by atoms with van der Waals surface area (Å²) in [6.07, 6.45) is 2.20. The molecule has 0 fully saturated rings. The quantitative estimate of drug-likeness (QED) is 0.556. The van der Waals surface area contributed by atoms with Crippen LogP contribution in [0.15, 0.2) is 24.3 Å². The molecule has 0 aromatic heterocycles. The van der Waals surface area contributed by atoms with Crippen molar-refractivity contribution in [3.63, 3.8) is 0 Å². The van der Waals surface area contributed by atoms with Crippen LogP contribution in [-0.2, 0) is 11.2 Å². The maximum absolute atomic E-state index is 11.6. The molecule has 0 bridgehead atoms. The van der Waals surface area contributed by atoms with Gasteiger partial charge in [-0.1, -0.05) is 38.1 Å². The van der Waals surface area contributed by atoms with E-state index in [1.165, 1.54) is 12.5 Å². The van der Waals surface area contributed by atoms with E-state index in [4.69, 9.17) is 0 Å². The highest BCUT2D eigenvalue weighted by molar-refractivity contribution is 6.07. The third-order valence-electron chi connectivity index (χ3n) is 2.70. The Morgan fingerprint density at radius 2 is 1.71 bits per heavy atom. The van der Waals surface area contributed by atoms with Crippen molar-refractivity contribution in [2.75, 3.05) is 0 Å². The molecule has 0 aliphatic heterocycles. The molecule has 0 N–H and O–H groups in total. The number of ketones is 2. The van der Waals surface area contributed by atoms with Gasteiger partial charge in [0.15, 0.2) is 5.78 Å². The first kappa shape index (κ1) is 13.6. The molecule has 0 saturated heterocycles. The predicted octanol–water partition coefficient (Wildman–Crippen LogP) is 3.44. The molecule has 0 aliphatic carbocycles. The maximum Gasteiger partial charge on any atom is 0.170 e. The van der Waals surface area contributed by atoms with Crippen LogP contribution < -0.4 is 0 Å². The predicted molar refractivity (Wildman–Crippen MR) is 69.2 cm³/mol.